The lowest BCUT2D eigenvalue weighted by atomic mass is 10.1. The Bertz CT molecular complexity index is 660. The fourth-order valence-corrected chi connectivity index (χ4v) is 2.43. The van der Waals surface area contributed by atoms with Gasteiger partial charge in [-0.3, -0.25) is 9.36 Å². The van der Waals surface area contributed by atoms with Gasteiger partial charge in [-0.2, -0.15) is 0 Å². The van der Waals surface area contributed by atoms with Gasteiger partial charge in [0, 0.05) is 6.42 Å². The van der Waals surface area contributed by atoms with Crippen LogP contribution in [0.5, 0.6) is 5.75 Å². The van der Waals surface area contributed by atoms with E-state index in [2.05, 4.69) is 4.98 Å². The van der Waals surface area contributed by atoms with Gasteiger partial charge in [0.25, 0.3) is 5.56 Å². The van der Waals surface area contributed by atoms with Crippen LogP contribution in [-0.2, 0) is 13.0 Å². The summed E-state index contributed by atoms with van der Waals surface area (Å²) in [6, 6.07) is 7.84. The van der Waals surface area contributed by atoms with Crippen LogP contribution in [0.1, 0.15) is 5.56 Å². The van der Waals surface area contributed by atoms with E-state index in [1.54, 1.807) is 0 Å². The molecule has 1 aromatic carbocycles. The highest BCUT2D eigenvalue weighted by Crippen LogP contribution is 2.28. The highest BCUT2D eigenvalue weighted by molar-refractivity contribution is 6.40. The highest BCUT2D eigenvalue weighted by Gasteiger charge is 2.23. The fourth-order valence-electron chi connectivity index (χ4n) is 2.15. The summed E-state index contributed by atoms with van der Waals surface area (Å²) in [5.74, 6) is 0.869. The molecule has 1 aliphatic heterocycles. The largest absolute Gasteiger partial charge is 0.488 e. The second kappa shape index (κ2) is 4.87. The molecule has 0 aliphatic carbocycles. The predicted molar refractivity (Wildman–Crippen MR) is 73.1 cm³/mol. The molecular formula is C13H10Cl2N2O2. The molecule has 0 amide bonds. The first-order chi connectivity index (χ1) is 9.15. The van der Waals surface area contributed by atoms with E-state index in [4.69, 9.17) is 27.9 Å². The van der Waals surface area contributed by atoms with E-state index in [0.717, 1.165) is 17.7 Å². The Labute approximate surface area is 119 Å². The third-order valence-electron chi connectivity index (χ3n) is 3.05. The molecule has 0 saturated heterocycles. The second-order valence-electron chi connectivity index (χ2n) is 4.36. The summed E-state index contributed by atoms with van der Waals surface area (Å²) in [4.78, 5) is 15.8. The smallest absolute Gasteiger partial charge is 0.273 e. The van der Waals surface area contributed by atoms with Crippen LogP contribution < -0.4 is 10.3 Å². The van der Waals surface area contributed by atoms with Gasteiger partial charge in [0.2, 0.25) is 0 Å². The Balaban J connectivity index is 1.82. The quantitative estimate of drug-likeness (QED) is 0.800. The summed E-state index contributed by atoms with van der Waals surface area (Å²) in [5.41, 5.74) is 0.801. The van der Waals surface area contributed by atoms with Crippen molar-refractivity contribution < 1.29 is 4.74 Å². The van der Waals surface area contributed by atoms with Crippen LogP contribution in [-0.4, -0.2) is 15.7 Å². The number of aromatic nitrogens is 2. The van der Waals surface area contributed by atoms with Crippen LogP contribution in [0.25, 0.3) is 0 Å². The summed E-state index contributed by atoms with van der Waals surface area (Å²) in [7, 11) is 0. The Hall–Kier alpha value is -1.52. The Morgan fingerprint density at radius 3 is 2.95 bits per heavy atom. The number of benzene rings is 1. The molecule has 0 saturated carbocycles. The van der Waals surface area contributed by atoms with E-state index in [0.29, 0.717) is 6.54 Å². The van der Waals surface area contributed by atoms with Gasteiger partial charge >= 0.3 is 0 Å². The lowest BCUT2D eigenvalue weighted by molar-refractivity contribution is 0.207. The van der Waals surface area contributed by atoms with Crippen LogP contribution >= 0.6 is 23.2 Å². The lowest BCUT2D eigenvalue weighted by Gasteiger charge is -2.12. The zero-order valence-corrected chi connectivity index (χ0v) is 11.4. The summed E-state index contributed by atoms with van der Waals surface area (Å²) < 4.78 is 7.19. The summed E-state index contributed by atoms with van der Waals surface area (Å²) >= 11 is 11.5. The van der Waals surface area contributed by atoms with Gasteiger partial charge in [-0.1, -0.05) is 41.4 Å². The van der Waals surface area contributed by atoms with Crippen LogP contribution in [0.2, 0.25) is 10.2 Å². The van der Waals surface area contributed by atoms with Gasteiger partial charge < -0.3 is 4.74 Å². The average Bonchev–Trinajstić information content (AvgIpc) is 2.82. The molecule has 2 aromatic rings. The molecule has 1 aliphatic rings. The third kappa shape index (κ3) is 2.33. The zero-order valence-electron chi connectivity index (χ0n) is 9.85. The summed E-state index contributed by atoms with van der Waals surface area (Å²) in [6.07, 6.45) is 2.07. The van der Waals surface area contributed by atoms with Crippen molar-refractivity contribution in [3.05, 3.63) is 56.7 Å². The molecule has 0 bridgehead atoms. The minimum atomic E-state index is -0.346. The van der Waals surface area contributed by atoms with Crippen molar-refractivity contribution in [2.24, 2.45) is 0 Å². The number of nitrogens with zero attached hydrogens (tertiary/aromatic N) is 2. The van der Waals surface area contributed by atoms with Crippen molar-refractivity contribution in [1.82, 2.24) is 9.55 Å². The molecule has 0 radical (unpaired) electrons. The van der Waals surface area contributed by atoms with Gasteiger partial charge in [-0.05, 0) is 11.6 Å². The van der Waals surface area contributed by atoms with Gasteiger partial charge in [0.1, 0.15) is 16.9 Å². The maximum atomic E-state index is 11.9. The van der Waals surface area contributed by atoms with Gasteiger partial charge in [0.05, 0.1) is 12.9 Å². The van der Waals surface area contributed by atoms with Crippen molar-refractivity contribution in [1.29, 1.82) is 0 Å². The van der Waals surface area contributed by atoms with E-state index in [1.165, 1.54) is 10.9 Å². The molecule has 0 spiro atoms. The number of rotatable bonds is 2. The van der Waals surface area contributed by atoms with Crippen molar-refractivity contribution in [2.45, 2.75) is 19.1 Å². The Kier molecular flexibility index (Phi) is 3.21. The molecule has 2 heterocycles. The molecule has 19 heavy (non-hydrogen) atoms. The SMILES string of the molecule is O=c1c(Cl)c(Cl)ncn1CC1Cc2ccccc2O1. The molecule has 1 atom stereocenters. The Morgan fingerprint density at radius 2 is 2.16 bits per heavy atom. The normalized spacial score (nSPS) is 17.1. The van der Waals surface area contributed by atoms with Crippen LogP contribution in [0, 0.1) is 0 Å². The predicted octanol–water partition coefficient (Wildman–Crippen LogP) is 2.55. The van der Waals surface area contributed by atoms with E-state index >= 15 is 0 Å². The molecular weight excluding hydrogens is 287 g/mol. The molecule has 0 fully saturated rings. The Morgan fingerprint density at radius 1 is 1.37 bits per heavy atom. The van der Waals surface area contributed by atoms with Crippen LogP contribution in [0.3, 0.4) is 0 Å². The average molecular weight is 297 g/mol. The standard InChI is InChI=1S/C13H10Cl2N2O2/c14-11-12(15)16-7-17(13(11)18)6-9-5-8-3-1-2-4-10(8)19-9/h1-4,7,9H,5-6H2. The van der Waals surface area contributed by atoms with Gasteiger partial charge in [-0.25, -0.2) is 4.98 Å². The maximum absolute atomic E-state index is 11.9. The number of ether oxygens (including phenoxy) is 1. The first-order valence-corrected chi connectivity index (χ1v) is 6.56. The van der Waals surface area contributed by atoms with E-state index in [9.17, 15) is 4.79 Å². The number of fused-ring (bicyclic) bond motifs is 1. The minimum Gasteiger partial charge on any atom is -0.488 e. The van der Waals surface area contributed by atoms with E-state index in [-0.39, 0.29) is 21.8 Å². The minimum absolute atomic E-state index is 0.0264. The van der Waals surface area contributed by atoms with Crippen molar-refractivity contribution in [3.8, 4) is 5.75 Å². The molecule has 4 nitrogen and oxygen atoms in total. The molecule has 98 valence electrons. The number of hydrogen-bond donors (Lipinski definition) is 0. The van der Waals surface area contributed by atoms with E-state index in [1.807, 2.05) is 24.3 Å². The third-order valence-corrected chi connectivity index (χ3v) is 3.78. The zero-order chi connectivity index (χ0) is 13.4. The molecule has 6 heteroatoms. The maximum Gasteiger partial charge on any atom is 0.273 e. The molecule has 1 aromatic heterocycles. The molecule has 0 N–H and O–H groups in total. The van der Waals surface area contributed by atoms with E-state index < -0.39 is 0 Å². The van der Waals surface area contributed by atoms with Gasteiger partial charge in [-0.15, -0.1) is 0 Å². The number of halogens is 2. The number of para-hydroxylation sites is 1. The first kappa shape index (κ1) is 12.5. The van der Waals surface area contributed by atoms with Crippen molar-refractivity contribution in [2.75, 3.05) is 0 Å². The fraction of sp³-hybridized carbons (Fsp3) is 0.231. The van der Waals surface area contributed by atoms with Crippen molar-refractivity contribution >= 4 is 23.2 Å². The topological polar surface area (TPSA) is 44.1 Å². The molecule has 3 rings (SSSR count). The molecule has 1 unspecified atom stereocenters. The first-order valence-electron chi connectivity index (χ1n) is 5.80. The second-order valence-corrected chi connectivity index (χ2v) is 5.09. The van der Waals surface area contributed by atoms with Crippen LogP contribution in [0.15, 0.2) is 35.4 Å². The summed E-state index contributed by atoms with van der Waals surface area (Å²) in [6.45, 7) is 0.400. The summed E-state index contributed by atoms with van der Waals surface area (Å²) in [5, 5.41) is -0.0294. The van der Waals surface area contributed by atoms with Gasteiger partial charge in [0.15, 0.2) is 5.15 Å². The highest BCUT2D eigenvalue weighted by atomic mass is 35.5. The monoisotopic (exact) mass is 296 g/mol. The number of hydrogen-bond acceptors (Lipinski definition) is 3. The lowest BCUT2D eigenvalue weighted by Crippen LogP contribution is -2.29. The van der Waals surface area contributed by atoms with Crippen LogP contribution in [0.4, 0.5) is 0 Å². The van der Waals surface area contributed by atoms with Crippen molar-refractivity contribution in [3.63, 3.8) is 0 Å².